The normalized spacial score (nSPS) is 19.8. The highest BCUT2D eigenvalue weighted by Crippen LogP contribution is 2.19. The van der Waals surface area contributed by atoms with Gasteiger partial charge in [-0.25, -0.2) is 0 Å². The van der Waals surface area contributed by atoms with Crippen LogP contribution in [0.4, 0.5) is 0 Å². The summed E-state index contributed by atoms with van der Waals surface area (Å²) in [6.45, 7) is 9.32. The summed E-state index contributed by atoms with van der Waals surface area (Å²) in [5.41, 5.74) is 6.04. The third-order valence-corrected chi connectivity index (χ3v) is 4.19. The van der Waals surface area contributed by atoms with E-state index in [0.29, 0.717) is 5.92 Å². The van der Waals surface area contributed by atoms with E-state index in [9.17, 15) is 4.79 Å². The fourth-order valence-corrected chi connectivity index (χ4v) is 2.70. The molecule has 1 rings (SSSR count). The van der Waals surface area contributed by atoms with E-state index < -0.39 is 0 Å². The number of nitrogens with zero attached hydrogens (tertiary/aromatic N) is 2. The first kappa shape index (κ1) is 23.2. The minimum atomic E-state index is 0. The molecular weight excluding hydrogens is 309 g/mol. The summed E-state index contributed by atoms with van der Waals surface area (Å²) in [7, 11) is 1.91. The Labute approximate surface area is 142 Å². The van der Waals surface area contributed by atoms with Gasteiger partial charge in [0.15, 0.2) is 0 Å². The molecule has 0 aromatic rings. The maximum atomic E-state index is 12.5. The number of rotatable bonds is 7. The third kappa shape index (κ3) is 7.18. The van der Waals surface area contributed by atoms with Gasteiger partial charge in [-0.15, -0.1) is 24.8 Å². The van der Waals surface area contributed by atoms with Gasteiger partial charge in [0.05, 0.1) is 6.04 Å². The topological polar surface area (TPSA) is 49.6 Å². The Balaban J connectivity index is 0. The van der Waals surface area contributed by atoms with Crippen molar-refractivity contribution in [1.82, 2.24) is 9.80 Å². The van der Waals surface area contributed by atoms with Crippen LogP contribution in [-0.4, -0.2) is 54.5 Å². The predicted octanol–water partition coefficient (Wildman–Crippen LogP) is 2.54. The molecule has 0 aliphatic carbocycles. The first-order valence-electron chi connectivity index (χ1n) is 7.72. The molecule has 1 aliphatic rings. The Kier molecular flexibility index (Phi) is 12.8. The van der Waals surface area contributed by atoms with Gasteiger partial charge in [0, 0.05) is 19.6 Å². The average Bonchev–Trinajstić information content (AvgIpc) is 2.83. The van der Waals surface area contributed by atoms with Gasteiger partial charge in [-0.05, 0) is 44.7 Å². The van der Waals surface area contributed by atoms with Gasteiger partial charge in [-0.1, -0.05) is 20.8 Å². The van der Waals surface area contributed by atoms with Crippen molar-refractivity contribution < 1.29 is 4.79 Å². The molecule has 1 saturated heterocycles. The van der Waals surface area contributed by atoms with E-state index in [1.54, 1.807) is 0 Å². The molecule has 0 aromatic heterocycles. The molecule has 128 valence electrons. The van der Waals surface area contributed by atoms with Crippen LogP contribution in [0.3, 0.4) is 0 Å². The van der Waals surface area contributed by atoms with Crippen LogP contribution in [0.15, 0.2) is 0 Å². The van der Waals surface area contributed by atoms with Crippen molar-refractivity contribution >= 4 is 30.7 Å². The van der Waals surface area contributed by atoms with Gasteiger partial charge in [0.2, 0.25) is 5.91 Å². The monoisotopic (exact) mass is 341 g/mol. The Bertz CT molecular complexity index is 290. The molecule has 0 aromatic carbocycles. The molecule has 0 radical (unpaired) electrons. The quantitative estimate of drug-likeness (QED) is 0.774. The molecule has 4 nitrogen and oxygen atoms in total. The summed E-state index contributed by atoms with van der Waals surface area (Å²) >= 11 is 0. The number of carbonyl (C=O) groups is 1. The molecule has 1 heterocycles. The summed E-state index contributed by atoms with van der Waals surface area (Å²) in [5.74, 6) is 0.758. The number of halogens is 2. The highest BCUT2D eigenvalue weighted by molar-refractivity contribution is 5.85. The maximum absolute atomic E-state index is 12.5. The standard InChI is InChI=1S/C15H31N3O.2ClH/c1-5-9-18-10-6-7-14(18)15(19)17(4)11-8-13(16)12(2)3;;/h12-14H,5-11,16H2,1-4H3;2*1H. The summed E-state index contributed by atoms with van der Waals surface area (Å²) < 4.78 is 0. The lowest BCUT2D eigenvalue weighted by Gasteiger charge is -2.28. The van der Waals surface area contributed by atoms with E-state index in [1.807, 2.05) is 11.9 Å². The van der Waals surface area contributed by atoms with E-state index >= 15 is 0 Å². The average molecular weight is 342 g/mol. The third-order valence-electron chi connectivity index (χ3n) is 4.19. The Hall–Kier alpha value is -0.0300. The largest absolute Gasteiger partial charge is 0.344 e. The Morgan fingerprint density at radius 2 is 2.00 bits per heavy atom. The molecule has 0 spiro atoms. The lowest BCUT2D eigenvalue weighted by Crippen LogP contribution is -2.45. The van der Waals surface area contributed by atoms with Crippen molar-refractivity contribution in [1.29, 1.82) is 0 Å². The smallest absolute Gasteiger partial charge is 0.239 e. The zero-order valence-electron chi connectivity index (χ0n) is 13.9. The number of amides is 1. The van der Waals surface area contributed by atoms with Crippen LogP contribution < -0.4 is 5.73 Å². The molecule has 6 heteroatoms. The molecule has 0 saturated carbocycles. The highest BCUT2D eigenvalue weighted by atomic mass is 35.5. The number of nitrogens with two attached hydrogens (primary N) is 1. The van der Waals surface area contributed by atoms with Crippen LogP contribution >= 0.6 is 24.8 Å². The maximum Gasteiger partial charge on any atom is 0.239 e. The van der Waals surface area contributed by atoms with Gasteiger partial charge in [-0.2, -0.15) is 0 Å². The summed E-state index contributed by atoms with van der Waals surface area (Å²) in [6.07, 6.45) is 4.17. The Morgan fingerprint density at radius 3 is 2.52 bits per heavy atom. The predicted molar refractivity (Wildman–Crippen MR) is 94.4 cm³/mol. The van der Waals surface area contributed by atoms with Crippen molar-refractivity contribution in [3.05, 3.63) is 0 Å². The van der Waals surface area contributed by atoms with Gasteiger partial charge in [0.1, 0.15) is 0 Å². The first-order valence-corrected chi connectivity index (χ1v) is 7.72. The molecule has 2 N–H and O–H groups in total. The zero-order valence-corrected chi connectivity index (χ0v) is 15.5. The fraction of sp³-hybridized carbons (Fsp3) is 0.933. The number of carbonyl (C=O) groups excluding carboxylic acids is 1. The molecule has 1 aliphatic heterocycles. The van der Waals surface area contributed by atoms with Crippen LogP contribution in [0.5, 0.6) is 0 Å². The fourth-order valence-electron chi connectivity index (χ4n) is 2.70. The van der Waals surface area contributed by atoms with Crippen molar-refractivity contribution in [2.75, 3.05) is 26.7 Å². The SMILES string of the molecule is CCCN1CCCC1C(=O)N(C)CCC(N)C(C)C.Cl.Cl. The van der Waals surface area contributed by atoms with Crippen LogP contribution in [-0.2, 0) is 4.79 Å². The second-order valence-corrected chi connectivity index (χ2v) is 6.15. The summed E-state index contributed by atoms with van der Waals surface area (Å²) in [4.78, 5) is 16.7. The molecule has 0 bridgehead atoms. The number of likely N-dealkylation sites (N-methyl/N-ethyl adjacent to an activating group) is 1. The minimum absolute atomic E-state index is 0. The van der Waals surface area contributed by atoms with Crippen molar-refractivity contribution in [2.45, 2.75) is 58.5 Å². The van der Waals surface area contributed by atoms with Crippen LogP contribution in [0.1, 0.15) is 46.5 Å². The van der Waals surface area contributed by atoms with Crippen molar-refractivity contribution in [3.63, 3.8) is 0 Å². The number of hydrogen-bond donors (Lipinski definition) is 1. The highest BCUT2D eigenvalue weighted by Gasteiger charge is 2.31. The molecular formula is C15H33Cl2N3O. The lowest BCUT2D eigenvalue weighted by atomic mass is 10.0. The first-order chi connectivity index (χ1) is 8.97. The lowest BCUT2D eigenvalue weighted by molar-refractivity contribution is -0.134. The molecule has 1 amide bonds. The number of hydrogen-bond acceptors (Lipinski definition) is 3. The van der Waals surface area contributed by atoms with Crippen LogP contribution in [0.25, 0.3) is 0 Å². The van der Waals surface area contributed by atoms with E-state index in [1.165, 1.54) is 0 Å². The van der Waals surface area contributed by atoms with Crippen molar-refractivity contribution in [2.24, 2.45) is 11.7 Å². The Morgan fingerprint density at radius 1 is 1.38 bits per heavy atom. The summed E-state index contributed by atoms with van der Waals surface area (Å²) in [5, 5.41) is 0. The zero-order chi connectivity index (χ0) is 14.4. The molecule has 21 heavy (non-hydrogen) atoms. The summed E-state index contributed by atoms with van der Waals surface area (Å²) in [6, 6.07) is 0.297. The van der Waals surface area contributed by atoms with Gasteiger partial charge in [0.25, 0.3) is 0 Å². The van der Waals surface area contributed by atoms with Crippen LogP contribution in [0.2, 0.25) is 0 Å². The number of likely N-dealkylation sites (tertiary alicyclic amines) is 1. The second-order valence-electron chi connectivity index (χ2n) is 6.15. The van der Waals surface area contributed by atoms with E-state index in [0.717, 1.165) is 45.3 Å². The molecule has 1 fully saturated rings. The van der Waals surface area contributed by atoms with E-state index in [2.05, 4.69) is 25.7 Å². The molecule has 2 atom stereocenters. The van der Waals surface area contributed by atoms with Gasteiger partial charge in [-0.3, -0.25) is 9.69 Å². The van der Waals surface area contributed by atoms with E-state index in [-0.39, 0.29) is 42.8 Å². The minimum Gasteiger partial charge on any atom is -0.344 e. The van der Waals surface area contributed by atoms with Gasteiger partial charge >= 0.3 is 0 Å². The van der Waals surface area contributed by atoms with Crippen LogP contribution in [0, 0.1) is 5.92 Å². The van der Waals surface area contributed by atoms with Gasteiger partial charge < -0.3 is 10.6 Å². The van der Waals surface area contributed by atoms with Crippen molar-refractivity contribution in [3.8, 4) is 0 Å². The second kappa shape index (κ2) is 11.5. The van der Waals surface area contributed by atoms with E-state index in [4.69, 9.17) is 5.73 Å². The molecule has 2 unspecified atom stereocenters.